The fourth-order valence-corrected chi connectivity index (χ4v) is 5.28. The molecule has 4 rings (SSSR count). The van der Waals surface area contributed by atoms with E-state index in [1.165, 1.54) is 23.9 Å². The van der Waals surface area contributed by atoms with Crippen LogP contribution in [-0.2, 0) is 4.79 Å². The van der Waals surface area contributed by atoms with Crippen molar-refractivity contribution in [2.45, 2.75) is 39.5 Å². The number of hydrogen-bond acceptors (Lipinski definition) is 4. The van der Waals surface area contributed by atoms with Gasteiger partial charge in [0.1, 0.15) is 10.1 Å². The van der Waals surface area contributed by atoms with Gasteiger partial charge in [0.2, 0.25) is 0 Å². The molecule has 1 saturated heterocycles. The molecule has 4 nitrogen and oxygen atoms in total. The molecule has 3 aromatic rings. The van der Waals surface area contributed by atoms with Gasteiger partial charge in [-0.05, 0) is 54.8 Å². The van der Waals surface area contributed by atoms with Crippen LogP contribution in [0.4, 0.5) is 4.39 Å². The number of aromatic nitrogens is 2. The van der Waals surface area contributed by atoms with Crippen LogP contribution in [-0.4, -0.2) is 31.5 Å². The van der Waals surface area contributed by atoms with Gasteiger partial charge in [-0.3, -0.25) is 9.69 Å². The minimum atomic E-state index is -0.304. The SMILES string of the molecule is CCCCC(CC)CN1C(=O)/C(=C\c2cn(-c3ccccc3)nc2-c2ccc(F)cc2)SC1=S. The number of unbranched alkanes of at least 4 members (excludes halogenated alkanes) is 1. The van der Waals surface area contributed by atoms with Crippen molar-refractivity contribution in [1.82, 2.24) is 14.7 Å². The van der Waals surface area contributed by atoms with Crippen molar-refractivity contribution in [2.75, 3.05) is 6.54 Å². The highest BCUT2D eigenvalue weighted by Crippen LogP contribution is 2.36. The van der Waals surface area contributed by atoms with E-state index >= 15 is 0 Å². The topological polar surface area (TPSA) is 38.1 Å². The summed E-state index contributed by atoms with van der Waals surface area (Å²) < 4.78 is 15.9. The summed E-state index contributed by atoms with van der Waals surface area (Å²) in [4.78, 5) is 15.6. The summed E-state index contributed by atoms with van der Waals surface area (Å²) in [7, 11) is 0. The highest BCUT2D eigenvalue weighted by molar-refractivity contribution is 8.26. The predicted octanol–water partition coefficient (Wildman–Crippen LogP) is 7.10. The molecule has 1 aliphatic heterocycles. The number of benzene rings is 2. The van der Waals surface area contributed by atoms with Crippen LogP contribution in [0.2, 0.25) is 0 Å². The van der Waals surface area contributed by atoms with Crippen LogP contribution in [0.15, 0.2) is 65.7 Å². The third kappa shape index (κ3) is 5.47. The lowest BCUT2D eigenvalue weighted by Crippen LogP contribution is -2.33. The van der Waals surface area contributed by atoms with Gasteiger partial charge in [-0.25, -0.2) is 9.07 Å². The molecule has 0 radical (unpaired) electrons. The lowest BCUT2D eigenvalue weighted by atomic mass is 9.99. The predicted molar refractivity (Wildman–Crippen MR) is 142 cm³/mol. The van der Waals surface area contributed by atoms with Crippen molar-refractivity contribution < 1.29 is 9.18 Å². The summed E-state index contributed by atoms with van der Waals surface area (Å²) in [5.41, 5.74) is 3.15. The number of para-hydroxylation sites is 1. The van der Waals surface area contributed by atoms with Crippen LogP contribution in [0.5, 0.6) is 0 Å². The monoisotopic (exact) mass is 493 g/mol. The van der Waals surface area contributed by atoms with Crippen LogP contribution >= 0.6 is 24.0 Å². The highest BCUT2D eigenvalue weighted by Gasteiger charge is 2.33. The van der Waals surface area contributed by atoms with E-state index < -0.39 is 0 Å². The summed E-state index contributed by atoms with van der Waals surface area (Å²) in [5.74, 6) is 0.0853. The number of rotatable bonds is 9. The van der Waals surface area contributed by atoms with Gasteiger partial charge in [-0.2, -0.15) is 5.10 Å². The van der Waals surface area contributed by atoms with Gasteiger partial charge in [0.25, 0.3) is 5.91 Å². The van der Waals surface area contributed by atoms with E-state index in [0.29, 0.717) is 27.4 Å². The molecule has 0 saturated carbocycles. The minimum Gasteiger partial charge on any atom is -0.293 e. The van der Waals surface area contributed by atoms with Gasteiger partial charge < -0.3 is 0 Å². The molecule has 1 amide bonds. The number of amides is 1. The maximum atomic E-state index is 13.5. The van der Waals surface area contributed by atoms with Crippen LogP contribution in [0.3, 0.4) is 0 Å². The average Bonchev–Trinajstić information content (AvgIpc) is 3.39. The van der Waals surface area contributed by atoms with Crippen LogP contribution in [0.25, 0.3) is 23.0 Å². The third-order valence-corrected chi connectivity index (χ3v) is 7.40. The molecular formula is C27H28FN3OS2. The Morgan fingerprint density at radius 1 is 1.12 bits per heavy atom. The zero-order valence-corrected chi connectivity index (χ0v) is 21.0. The van der Waals surface area contributed by atoms with Crippen molar-refractivity contribution >= 4 is 40.3 Å². The Bertz CT molecular complexity index is 1190. The van der Waals surface area contributed by atoms with Crippen LogP contribution < -0.4 is 0 Å². The van der Waals surface area contributed by atoms with E-state index in [1.54, 1.807) is 21.7 Å². The molecule has 2 aromatic carbocycles. The molecule has 1 fully saturated rings. The standard InChI is InChI=1S/C27H28FN3OS2/c1-3-5-9-19(4-2)17-30-26(32)24(34-27(30)33)16-21-18-31(23-10-7-6-8-11-23)29-25(21)20-12-14-22(28)15-13-20/h6-8,10-16,18-19H,3-5,9,17H2,1-2H3/b24-16+. The minimum absolute atomic E-state index is 0.0533. The molecule has 1 aliphatic rings. The van der Waals surface area contributed by atoms with E-state index in [0.717, 1.165) is 42.5 Å². The Morgan fingerprint density at radius 2 is 1.85 bits per heavy atom. The summed E-state index contributed by atoms with van der Waals surface area (Å²) in [6, 6.07) is 16.0. The molecule has 7 heteroatoms. The van der Waals surface area contributed by atoms with Gasteiger partial charge in [0.05, 0.1) is 16.3 Å². The zero-order chi connectivity index (χ0) is 24.1. The molecule has 2 heterocycles. The number of carbonyl (C=O) groups is 1. The highest BCUT2D eigenvalue weighted by atomic mass is 32.2. The van der Waals surface area contributed by atoms with E-state index in [4.69, 9.17) is 17.3 Å². The summed E-state index contributed by atoms with van der Waals surface area (Å²) in [6.45, 7) is 5.01. The average molecular weight is 494 g/mol. The number of halogens is 1. The first-order chi connectivity index (χ1) is 16.5. The normalized spacial score (nSPS) is 16.0. The van der Waals surface area contributed by atoms with Crippen molar-refractivity contribution in [2.24, 2.45) is 5.92 Å². The smallest absolute Gasteiger partial charge is 0.266 e. The van der Waals surface area contributed by atoms with E-state index in [9.17, 15) is 9.18 Å². The lowest BCUT2D eigenvalue weighted by molar-refractivity contribution is -0.122. The summed E-state index contributed by atoms with van der Waals surface area (Å²) in [5, 5.41) is 4.76. The fraction of sp³-hybridized carbons (Fsp3) is 0.296. The van der Waals surface area contributed by atoms with Crippen molar-refractivity contribution in [3.8, 4) is 16.9 Å². The molecule has 1 unspecified atom stereocenters. The zero-order valence-electron chi connectivity index (χ0n) is 19.4. The first-order valence-corrected chi connectivity index (χ1v) is 12.9. The maximum Gasteiger partial charge on any atom is 0.266 e. The molecule has 0 aliphatic carbocycles. The molecule has 1 atom stereocenters. The number of carbonyl (C=O) groups excluding carboxylic acids is 1. The van der Waals surface area contributed by atoms with Crippen molar-refractivity contribution in [3.05, 3.63) is 77.1 Å². The Morgan fingerprint density at radius 3 is 2.53 bits per heavy atom. The third-order valence-electron chi connectivity index (χ3n) is 6.03. The molecule has 0 spiro atoms. The largest absolute Gasteiger partial charge is 0.293 e. The molecule has 34 heavy (non-hydrogen) atoms. The number of thiocarbonyl (C=S) groups is 1. The van der Waals surface area contributed by atoms with E-state index in [2.05, 4.69) is 13.8 Å². The number of hydrogen-bond donors (Lipinski definition) is 0. The maximum absolute atomic E-state index is 13.5. The second-order valence-electron chi connectivity index (χ2n) is 8.43. The van der Waals surface area contributed by atoms with E-state index in [1.807, 2.05) is 42.6 Å². The molecule has 176 valence electrons. The molecule has 0 N–H and O–H groups in total. The second kappa shape index (κ2) is 11.1. The van der Waals surface area contributed by atoms with Crippen molar-refractivity contribution in [1.29, 1.82) is 0 Å². The summed E-state index contributed by atoms with van der Waals surface area (Å²) in [6.07, 6.45) is 8.18. The van der Waals surface area contributed by atoms with Crippen LogP contribution in [0.1, 0.15) is 45.1 Å². The number of thioether (sulfide) groups is 1. The Kier molecular flexibility index (Phi) is 7.95. The summed E-state index contributed by atoms with van der Waals surface area (Å²) >= 11 is 6.91. The number of nitrogens with zero attached hydrogens (tertiary/aromatic N) is 3. The Labute approximate surface area is 209 Å². The van der Waals surface area contributed by atoms with Crippen LogP contribution in [0, 0.1) is 11.7 Å². The lowest BCUT2D eigenvalue weighted by Gasteiger charge is -2.21. The van der Waals surface area contributed by atoms with Gasteiger partial charge in [0.15, 0.2) is 0 Å². The van der Waals surface area contributed by atoms with E-state index in [-0.39, 0.29) is 11.7 Å². The molecule has 1 aromatic heterocycles. The Hall–Kier alpha value is -2.77. The second-order valence-corrected chi connectivity index (χ2v) is 10.1. The fourth-order valence-electron chi connectivity index (χ4n) is 4.01. The van der Waals surface area contributed by atoms with Crippen molar-refractivity contribution in [3.63, 3.8) is 0 Å². The first kappa shape index (κ1) is 24.4. The quantitative estimate of drug-likeness (QED) is 0.235. The first-order valence-electron chi connectivity index (χ1n) is 11.7. The molecular weight excluding hydrogens is 465 g/mol. The van der Waals surface area contributed by atoms with Gasteiger partial charge >= 0.3 is 0 Å². The molecule has 0 bridgehead atoms. The van der Waals surface area contributed by atoms with Gasteiger partial charge in [-0.1, -0.05) is 75.3 Å². The van der Waals surface area contributed by atoms with Gasteiger partial charge in [-0.15, -0.1) is 0 Å². The van der Waals surface area contributed by atoms with Gasteiger partial charge in [0, 0.05) is 23.9 Å². The Balaban J connectivity index is 1.67.